The Morgan fingerprint density at radius 1 is 1.44 bits per heavy atom. The first-order valence-electron chi connectivity index (χ1n) is 6.40. The molecule has 2 rings (SSSR count). The SMILES string of the molecule is N#Cc1ccc(NCC2CCCC(O)C2)cc1N. The molecule has 2 unspecified atom stereocenters. The number of anilines is 2. The second-order valence-corrected chi connectivity index (χ2v) is 4.98. The quantitative estimate of drug-likeness (QED) is 0.712. The number of nitrogen functional groups attached to an aromatic ring is 1. The van der Waals surface area contributed by atoms with Crippen LogP contribution in [0.2, 0.25) is 0 Å². The van der Waals surface area contributed by atoms with Crippen LogP contribution >= 0.6 is 0 Å². The highest BCUT2D eigenvalue weighted by molar-refractivity contribution is 5.62. The largest absolute Gasteiger partial charge is 0.398 e. The Bertz CT molecular complexity index is 453. The van der Waals surface area contributed by atoms with Crippen molar-refractivity contribution in [2.24, 2.45) is 5.92 Å². The zero-order valence-electron chi connectivity index (χ0n) is 10.4. The summed E-state index contributed by atoms with van der Waals surface area (Å²) in [6.07, 6.45) is 3.93. The van der Waals surface area contributed by atoms with Gasteiger partial charge in [0, 0.05) is 12.2 Å². The monoisotopic (exact) mass is 245 g/mol. The fourth-order valence-corrected chi connectivity index (χ4v) is 2.48. The molecule has 0 bridgehead atoms. The summed E-state index contributed by atoms with van der Waals surface area (Å²) < 4.78 is 0. The van der Waals surface area contributed by atoms with Crippen molar-refractivity contribution in [3.05, 3.63) is 23.8 Å². The Morgan fingerprint density at radius 2 is 2.28 bits per heavy atom. The smallest absolute Gasteiger partial charge is 0.101 e. The van der Waals surface area contributed by atoms with E-state index < -0.39 is 0 Å². The van der Waals surface area contributed by atoms with Crippen molar-refractivity contribution in [3.63, 3.8) is 0 Å². The van der Waals surface area contributed by atoms with E-state index in [1.165, 1.54) is 0 Å². The van der Waals surface area contributed by atoms with E-state index in [1.807, 2.05) is 12.1 Å². The fraction of sp³-hybridized carbons (Fsp3) is 0.500. The van der Waals surface area contributed by atoms with Gasteiger partial charge in [-0.15, -0.1) is 0 Å². The number of aliphatic hydroxyl groups is 1. The lowest BCUT2D eigenvalue weighted by atomic mass is 9.87. The molecule has 0 amide bonds. The van der Waals surface area contributed by atoms with Gasteiger partial charge in [0.2, 0.25) is 0 Å². The number of aliphatic hydroxyl groups excluding tert-OH is 1. The molecule has 4 nitrogen and oxygen atoms in total. The van der Waals surface area contributed by atoms with Crippen LogP contribution in [-0.2, 0) is 0 Å². The van der Waals surface area contributed by atoms with Crippen molar-refractivity contribution in [2.75, 3.05) is 17.6 Å². The van der Waals surface area contributed by atoms with E-state index in [0.717, 1.165) is 37.9 Å². The molecule has 18 heavy (non-hydrogen) atoms. The van der Waals surface area contributed by atoms with E-state index in [0.29, 0.717) is 17.2 Å². The molecule has 96 valence electrons. The number of nitriles is 1. The third kappa shape index (κ3) is 3.14. The van der Waals surface area contributed by atoms with Gasteiger partial charge in [0.15, 0.2) is 0 Å². The van der Waals surface area contributed by atoms with Crippen LogP contribution in [0, 0.1) is 17.2 Å². The molecule has 0 aliphatic heterocycles. The van der Waals surface area contributed by atoms with Crippen LogP contribution < -0.4 is 11.1 Å². The van der Waals surface area contributed by atoms with Crippen LogP contribution in [0.3, 0.4) is 0 Å². The zero-order valence-corrected chi connectivity index (χ0v) is 10.4. The average Bonchev–Trinajstić information content (AvgIpc) is 2.37. The summed E-state index contributed by atoms with van der Waals surface area (Å²) in [5, 5.41) is 21.7. The summed E-state index contributed by atoms with van der Waals surface area (Å²) in [4.78, 5) is 0. The number of nitrogens with one attached hydrogen (secondary N) is 1. The van der Waals surface area contributed by atoms with E-state index >= 15 is 0 Å². The molecular formula is C14H19N3O. The average molecular weight is 245 g/mol. The number of rotatable bonds is 3. The Morgan fingerprint density at radius 3 is 2.94 bits per heavy atom. The third-order valence-corrected chi connectivity index (χ3v) is 3.52. The maximum Gasteiger partial charge on any atom is 0.101 e. The van der Waals surface area contributed by atoms with Gasteiger partial charge in [-0.25, -0.2) is 0 Å². The summed E-state index contributed by atoms with van der Waals surface area (Å²) in [5.41, 5.74) is 7.71. The summed E-state index contributed by atoms with van der Waals surface area (Å²) in [5.74, 6) is 0.519. The van der Waals surface area contributed by atoms with Crippen LogP contribution in [-0.4, -0.2) is 17.8 Å². The van der Waals surface area contributed by atoms with Gasteiger partial charge in [0.25, 0.3) is 0 Å². The Hall–Kier alpha value is -1.73. The van der Waals surface area contributed by atoms with Gasteiger partial charge >= 0.3 is 0 Å². The van der Waals surface area contributed by atoms with Crippen LogP contribution in [0.25, 0.3) is 0 Å². The van der Waals surface area contributed by atoms with Gasteiger partial charge < -0.3 is 16.2 Å². The number of hydrogen-bond acceptors (Lipinski definition) is 4. The molecule has 4 heteroatoms. The Labute approximate surface area is 107 Å². The molecule has 0 heterocycles. The van der Waals surface area contributed by atoms with E-state index in [9.17, 15) is 5.11 Å². The zero-order chi connectivity index (χ0) is 13.0. The van der Waals surface area contributed by atoms with Crippen LogP contribution in [0.5, 0.6) is 0 Å². The molecule has 0 spiro atoms. The van der Waals surface area contributed by atoms with E-state index in [-0.39, 0.29) is 6.10 Å². The lowest BCUT2D eigenvalue weighted by Crippen LogP contribution is -2.25. The predicted molar refractivity (Wildman–Crippen MR) is 72.0 cm³/mol. The van der Waals surface area contributed by atoms with Gasteiger partial charge in [-0.2, -0.15) is 5.26 Å². The number of hydrogen-bond donors (Lipinski definition) is 3. The lowest BCUT2D eigenvalue weighted by molar-refractivity contribution is 0.105. The first-order chi connectivity index (χ1) is 8.69. The van der Waals surface area contributed by atoms with Crippen molar-refractivity contribution < 1.29 is 5.11 Å². The highest BCUT2D eigenvalue weighted by atomic mass is 16.3. The molecule has 1 saturated carbocycles. The minimum Gasteiger partial charge on any atom is -0.398 e. The maximum absolute atomic E-state index is 9.61. The third-order valence-electron chi connectivity index (χ3n) is 3.52. The molecule has 1 fully saturated rings. The second kappa shape index (κ2) is 5.74. The standard InChI is InChI=1S/C14H19N3O/c15-8-11-4-5-12(7-14(11)16)17-9-10-2-1-3-13(18)6-10/h4-5,7,10,13,17-18H,1-3,6,9,16H2. The van der Waals surface area contributed by atoms with E-state index in [4.69, 9.17) is 11.0 Å². The van der Waals surface area contributed by atoms with Crippen LogP contribution in [0.4, 0.5) is 11.4 Å². The molecule has 2 atom stereocenters. The first-order valence-corrected chi connectivity index (χ1v) is 6.40. The fourth-order valence-electron chi connectivity index (χ4n) is 2.48. The van der Waals surface area contributed by atoms with E-state index in [2.05, 4.69) is 5.32 Å². The van der Waals surface area contributed by atoms with Gasteiger partial charge in [0.05, 0.1) is 17.4 Å². The summed E-state index contributed by atoms with van der Waals surface area (Å²) >= 11 is 0. The lowest BCUT2D eigenvalue weighted by Gasteiger charge is -2.26. The van der Waals surface area contributed by atoms with Gasteiger partial charge in [0.1, 0.15) is 6.07 Å². The molecule has 0 radical (unpaired) electrons. The molecule has 1 aliphatic carbocycles. The molecule has 1 aromatic rings. The highest BCUT2D eigenvalue weighted by Gasteiger charge is 2.19. The summed E-state index contributed by atoms with van der Waals surface area (Å²) in [6, 6.07) is 7.44. The van der Waals surface area contributed by atoms with Crippen molar-refractivity contribution in [3.8, 4) is 6.07 Å². The van der Waals surface area contributed by atoms with Crippen molar-refractivity contribution in [2.45, 2.75) is 31.8 Å². The number of nitrogens with zero attached hydrogens (tertiary/aromatic N) is 1. The maximum atomic E-state index is 9.61. The molecule has 0 aromatic heterocycles. The molecular weight excluding hydrogens is 226 g/mol. The highest BCUT2D eigenvalue weighted by Crippen LogP contribution is 2.25. The van der Waals surface area contributed by atoms with Crippen molar-refractivity contribution in [1.82, 2.24) is 0 Å². The Kier molecular flexibility index (Phi) is 4.06. The number of nitrogens with two attached hydrogens (primary N) is 1. The van der Waals surface area contributed by atoms with Crippen molar-refractivity contribution in [1.29, 1.82) is 5.26 Å². The topological polar surface area (TPSA) is 82.1 Å². The van der Waals surface area contributed by atoms with Crippen molar-refractivity contribution >= 4 is 11.4 Å². The second-order valence-electron chi connectivity index (χ2n) is 4.98. The molecule has 0 saturated heterocycles. The van der Waals surface area contributed by atoms with Gasteiger partial charge in [-0.3, -0.25) is 0 Å². The summed E-state index contributed by atoms with van der Waals surface area (Å²) in [6.45, 7) is 0.850. The van der Waals surface area contributed by atoms with Gasteiger partial charge in [-0.05, 0) is 43.4 Å². The number of benzene rings is 1. The normalized spacial score (nSPS) is 23.3. The minimum atomic E-state index is -0.142. The molecule has 1 aliphatic rings. The molecule has 4 N–H and O–H groups in total. The van der Waals surface area contributed by atoms with Gasteiger partial charge in [-0.1, -0.05) is 6.42 Å². The van der Waals surface area contributed by atoms with E-state index in [1.54, 1.807) is 12.1 Å². The molecule has 1 aromatic carbocycles. The minimum absolute atomic E-state index is 0.142. The van der Waals surface area contributed by atoms with Crippen LogP contribution in [0.15, 0.2) is 18.2 Å². The Balaban J connectivity index is 1.90. The predicted octanol–water partition coefficient (Wildman–Crippen LogP) is 2.10. The first kappa shape index (κ1) is 12.7. The summed E-state index contributed by atoms with van der Waals surface area (Å²) in [7, 11) is 0. The van der Waals surface area contributed by atoms with Crippen LogP contribution in [0.1, 0.15) is 31.2 Å².